The van der Waals surface area contributed by atoms with E-state index in [0.29, 0.717) is 22.7 Å². The van der Waals surface area contributed by atoms with Gasteiger partial charge in [0.05, 0.1) is 0 Å². The smallest absolute Gasteiger partial charge is 1.00 e. The second kappa shape index (κ2) is 14.4. The standard InChI is InChI=1S/2C12H19.2ClH.Zr/c2*1-5-12(4,10(2)3)11-8-6-7-9-11;;;/h2*6,8,10H,5,7H2,1-4H3;2*1H;/q2*-1;;;+4/p-2. The first kappa shape index (κ1) is 32.1. The Morgan fingerprint density at radius 1 is 0.778 bits per heavy atom. The van der Waals surface area contributed by atoms with Crippen molar-refractivity contribution in [2.24, 2.45) is 22.7 Å². The minimum Gasteiger partial charge on any atom is -1.00 e. The normalized spacial score (nSPS) is 18.9. The maximum Gasteiger partial charge on any atom is 4.00 e. The van der Waals surface area contributed by atoms with E-state index in [-0.39, 0.29) is 51.0 Å². The SMILES string of the molecule is CCC(C)(C1=[C-]CC=C1)C(C)C.CCC(C)(C1=[C-]CC=C1)C(C)C.[Cl-].[Cl-].[Zr+4]. The molecule has 0 aromatic rings. The van der Waals surface area contributed by atoms with Crippen LogP contribution in [0.25, 0.3) is 0 Å². The van der Waals surface area contributed by atoms with Crippen molar-refractivity contribution in [2.75, 3.05) is 0 Å². The van der Waals surface area contributed by atoms with Gasteiger partial charge in [-0.15, -0.1) is 12.8 Å². The summed E-state index contributed by atoms with van der Waals surface area (Å²) in [6.07, 6.45) is 20.2. The molecule has 2 rings (SSSR count). The van der Waals surface area contributed by atoms with Crippen molar-refractivity contribution in [3.63, 3.8) is 0 Å². The van der Waals surface area contributed by atoms with E-state index < -0.39 is 0 Å². The molecular formula is C24H38Cl2Zr. The monoisotopic (exact) mass is 486 g/mol. The zero-order valence-corrected chi connectivity index (χ0v) is 22.5. The van der Waals surface area contributed by atoms with E-state index >= 15 is 0 Å². The molecule has 27 heavy (non-hydrogen) atoms. The third kappa shape index (κ3) is 7.99. The third-order valence-corrected chi connectivity index (χ3v) is 6.64. The van der Waals surface area contributed by atoms with Crippen LogP contribution in [0.4, 0.5) is 0 Å². The minimum absolute atomic E-state index is 0. The second-order valence-electron chi connectivity index (χ2n) is 8.25. The molecule has 0 aliphatic heterocycles. The van der Waals surface area contributed by atoms with Crippen molar-refractivity contribution in [1.82, 2.24) is 0 Å². The molecule has 0 bridgehead atoms. The van der Waals surface area contributed by atoms with Gasteiger partial charge >= 0.3 is 26.2 Å². The molecule has 2 unspecified atom stereocenters. The molecule has 0 aromatic heterocycles. The molecule has 2 aliphatic carbocycles. The average Bonchev–Trinajstić information content (AvgIpc) is 3.26. The number of halogens is 2. The molecule has 0 fully saturated rings. The van der Waals surface area contributed by atoms with Crippen molar-refractivity contribution in [3.8, 4) is 0 Å². The van der Waals surface area contributed by atoms with E-state index in [0.717, 1.165) is 12.8 Å². The summed E-state index contributed by atoms with van der Waals surface area (Å²) in [6, 6.07) is 0. The first-order valence-corrected chi connectivity index (χ1v) is 9.78. The van der Waals surface area contributed by atoms with E-state index in [4.69, 9.17) is 0 Å². The van der Waals surface area contributed by atoms with E-state index in [9.17, 15) is 0 Å². The van der Waals surface area contributed by atoms with Gasteiger partial charge < -0.3 is 24.8 Å². The number of allylic oxidation sites excluding steroid dienone is 8. The second-order valence-corrected chi connectivity index (χ2v) is 8.25. The van der Waals surface area contributed by atoms with Crippen LogP contribution < -0.4 is 24.8 Å². The van der Waals surface area contributed by atoms with Crippen LogP contribution in [0.1, 0.15) is 81.1 Å². The van der Waals surface area contributed by atoms with Crippen molar-refractivity contribution in [2.45, 2.75) is 81.1 Å². The molecular weight excluding hydrogens is 450 g/mol. The summed E-state index contributed by atoms with van der Waals surface area (Å²) in [5.41, 5.74) is 3.51. The van der Waals surface area contributed by atoms with Crippen LogP contribution in [0.15, 0.2) is 35.5 Å². The van der Waals surface area contributed by atoms with Crippen molar-refractivity contribution in [3.05, 3.63) is 47.6 Å². The quantitative estimate of drug-likeness (QED) is 0.498. The van der Waals surface area contributed by atoms with Gasteiger partial charge in [-0.3, -0.25) is 12.2 Å². The predicted octanol–water partition coefficient (Wildman–Crippen LogP) is 1.50. The Balaban J connectivity index is -0.000000384. The molecule has 0 saturated heterocycles. The van der Waals surface area contributed by atoms with Crippen LogP contribution >= 0.6 is 0 Å². The number of hydrogen-bond acceptors (Lipinski definition) is 0. The van der Waals surface area contributed by atoms with Gasteiger partial charge in [-0.25, -0.2) is 23.3 Å². The van der Waals surface area contributed by atoms with Gasteiger partial charge in [0.15, 0.2) is 0 Å². The summed E-state index contributed by atoms with van der Waals surface area (Å²) in [5, 5.41) is 0. The van der Waals surface area contributed by atoms with E-state index in [2.05, 4.69) is 91.8 Å². The third-order valence-electron chi connectivity index (χ3n) is 6.64. The molecule has 2 atom stereocenters. The zero-order chi connectivity index (χ0) is 18.4. The van der Waals surface area contributed by atoms with Crippen LogP contribution in [-0.2, 0) is 26.2 Å². The molecule has 2 aliphatic rings. The van der Waals surface area contributed by atoms with Gasteiger partial charge in [-0.05, 0) is 35.5 Å². The minimum atomic E-state index is 0. The maximum absolute atomic E-state index is 3.44. The molecule has 0 heterocycles. The van der Waals surface area contributed by atoms with Gasteiger partial charge in [0.1, 0.15) is 0 Å². The van der Waals surface area contributed by atoms with Gasteiger partial charge in [0.25, 0.3) is 0 Å². The molecule has 0 N–H and O–H groups in total. The summed E-state index contributed by atoms with van der Waals surface area (Å²) in [5.74, 6) is 1.40. The van der Waals surface area contributed by atoms with Crippen molar-refractivity contribution < 1.29 is 51.0 Å². The fourth-order valence-electron chi connectivity index (χ4n) is 3.41. The van der Waals surface area contributed by atoms with E-state index in [1.54, 1.807) is 0 Å². The van der Waals surface area contributed by atoms with Crippen molar-refractivity contribution >= 4 is 0 Å². The molecule has 152 valence electrons. The maximum atomic E-state index is 3.44. The molecule has 0 nitrogen and oxygen atoms in total. The van der Waals surface area contributed by atoms with Crippen LogP contribution in [0, 0.1) is 34.8 Å². The largest absolute Gasteiger partial charge is 4.00 e. The topological polar surface area (TPSA) is 0 Å². The Bertz CT molecular complexity index is 480. The molecule has 0 radical (unpaired) electrons. The van der Waals surface area contributed by atoms with Crippen LogP contribution in [0.3, 0.4) is 0 Å². The molecule has 0 aromatic carbocycles. The van der Waals surface area contributed by atoms with Gasteiger partial charge in [0.2, 0.25) is 0 Å². The molecule has 3 heteroatoms. The van der Waals surface area contributed by atoms with Gasteiger partial charge in [0, 0.05) is 0 Å². The van der Waals surface area contributed by atoms with Gasteiger partial charge in [-0.2, -0.15) is 12.2 Å². The summed E-state index contributed by atoms with van der Waals surface area (Å²) < 4.78 is 0. The number of rotatable bonds is 6. The number of hydrogen-bond donors (Lipinski definition) is 0. The van der Waals surface area contributed by atoms with Gasteiger partial charge in [-0.1, -0.05) is 55.4 Å². The zero-order valence-electron chi connectivity index (χ0n) is 18.5. The van der Waals surface area contributed by atoms with Crippen LogP contribution in [0.2, 0.25) is 0 Å². The predicted molar refractivity (Wildman–Crippen MR) is 107 cm³/mol. The van der Waals surface area contributed by atoms with Crippen LogP contribution in [-0.4, -0.2) is 0 Å². The van der Waals surface area contributed by atoms with Crippen LogP contribution in [0.5, 0.6) is 0 Å². The fourth-order valence-corrected chi connectivity index (χ4v) is 3.41. The average molecular weight is 489 g/mol. The molecule has 0 saturated carbocycles. The summed E-state index contributed by atoms with van der Waals surface area (Å²) in [6.45, 7) is 18.4. The summed E-state index contributed by atoms with van der Waals surface area (Å²) in [4.78, 5) is 0. The molecule has 0 amide bonds. The Labute approximate surface area is 201 Å². The summed E-state index contributed by atoms with van der Waals surface area (Å²) in [7, 11) is 0. The molecule has 0 spiro atoms. The first-order chi connectivity index (χ1) is 11.2. The Morgan fingerprint density at radius 2 is 1.07 bits per heavy atom. The Hall–Kier alpha value is 0.423. The Morgan fingerprint density at radius 3 is 1.22 bits per heavy atom. The van der Waals surface area contributed by atoms with E-state index in [1.807, 2.05) is 0 Å². The Kier molecular flexibility index (Phi) is 17.1. The summed E-state index contributed by atoms with van der Waals surface area (Å²) >= 11 is 0. The van der Waals surface area contributed by atoms with Crippen molar-refractivity contribution in [1.29, 1.82) is 0 Å². The van der Waals surface area contributed by atoms with E-state index in [1.165, 1.54) is 24.0 Å². The fraction of sp³-hybridized carbons (Fsp3) is 0.667. The first-order valence-electron chi connectivity index (χ1n) is 9.78.